The van der Waals surface area contributed by atoms with E-state index in [2.05, 4.69) is 6.92 Å². The van der Waals surface area contributed by atoms with E-state index in [1.54, 1.807) is 13.0 Å². The van der Waals surface area contributed by atoms with Crippen molar-refractivity contribution in [1.29, 1.82) is 0 Å². The molecule has 7 nitrogen and oxygen atoms in total. The van der Waals surface area contributed by atoms with Crippen molar-refractivity contribution in [1.82, 2.24) is 0 Å². The maximum Gasteiger partial charge on any atom is 0.331 e. The van der Waals surface area contributed by atoms with Gasteiger partial charge in [-0.3, -0.25) is 9.59 Å². The molecule has 4 rings (SSSR count). The second kappa shape index (κ2) is 7.69. The molecule has 0 aromatic carbocycles. The number of ether oxygens (including phenoxy) is 2. The molecule has 9 unspecified atom stereocenters. The molecule has 7 heteroatoms. The van der Waals surface area contributed by atoms with Crippen LogP contribution in [0.2, 0.25) is 0 Å². The van der Waals surface area contributed by atoms with Gasteiger partial charge >= 0.3 is 11.9 Å². The van der Waals surface area contributed by atoms with E-state index in [9.17, 15) is 24.6 Å². The normalized spacial score (nSPS) is 47.6. The first kappa shape index (κ1) is 22.5. The number of carbonyl (C=O) groups is 3. The van der Waals surface area contributed by atoms with Gasteiger partial charge in [-0.1, -0.05) is 39.7 Å². The van der Waals surface area contributed by atoms with Crippen LogP contribution in [0.1, 0.15) is 59.8 Å². The van der Waals surface area contributed by atoms with Crippen molar-refractivity contribution in [3.8, 4) is 0 Å². The molecule has 3 aliphatic heterocycles. The van der Waals surface area contributed by atoms with Gasteiger partial charge < -0.3 is 19.7 Å². The van der Waals surface area contributed by atoms with Crippen LogP contribution in [0, 0.1) is 35.0 Å². The van der Waals surface area contributed by atoms with E-state index in [0.29, 0.717) is 24.3 Å². The predicted octanol–water partition coefficient (Wildman–Crippen LogP) is 2.75. The van der Waals surface area contributed by atoms with Gasteiger partial charge in [0.15, 0.2) is 11.2 Å². The average Bonchev–Trinajstić information content (AvgIpc) is 2.90. The molecule has 0 saturated carbocycles. The first-order valence-electron chi connectivity index (χ1n) is 11.5. The van der Waals surface area contributed by atoms with Crippen LogP contribution in [0.3, 0.4) is 0 Å². The molecule has 0 amide bonds. The summed E-state index contributed by atoms with van der Waals surface area (Å²) in [5, 5.41) is 19.8. The van der Waals surface area contributed by atoms with Gasteiger partial charge in [0.1, 0.15) is 11.7 Å². The molecular formula is C24H34O7. The third kappa shape index (κ3) is 3.18. The molecule has 0 radical (unpaired) electrons. The molecule has 1 aliphatic carbocycles. The van der Waals surface area contributed by atoms with E-state index in [1.807, 2.05) is 13.8 Å². The van der Waals surface area contributed by atoms with Gasteiger partial charge in [-0.25, -0.2) is 4.79 Å². The van der Waals surface area contributed by atoms with Crippen molar-refractivity contribution < 1.29 is 34.1 Å². The Balaban J connectivity index is 1.88. The summed E-state index contributed by atoms with van der Waals surface area (Å²) in [6, 6.07) is 0. The number of aliphatic hydroxyl groups is 1. The van der Waals surface area contributed by atoms with Gasteiger partial charge in [-0.05, 0) is 43.9 Å². The van der Waals surface area contributed by atoms with Crippen molar-refractivity contribution in [3.05, 3.63) is 11.6 Å². The lowest BCUT2D eigenvalue weighted by atomic mass is 9.60. The number of rotatable bonds is 2. The molecule has 4 aliphatic rings. The molecule has 172 valence electrons. The second-order valence-electron chi connectivity index (χ2n) is 10.6. The van der Waals surface area contributed by atoms with Gasteiger partial charge in [-0.2, -0.15) is 0 Å². The fourth-order valence-electron chi connectivity index (χ4n) is 6.78. The highest BCUT2D eigenvalue weighted by Gasteiger charge is 2.73. The van der Waals surface area contributed by atoms with E-state index >= 15 is 0 Å². The zero-order valence-electron chi connectivity index (χ0n) is 18.8. The fourth-order valence-corrected chi connectivity index (χ4v) is 6.78. The van der Waals surface area contributed by atoms with Gasteiger partial charge in [0.2, 0.25) is 0 Å². The molecule has 2 bridgehead atoms. The fraction of sp³-hybridized carbons (Fsp3) is 0.792. The van der Waals surface area contributed by atoms with Crippen LogP contribution in [-0.4, -0.2) is 52.4 Å². The Morgan fingerprint density at radius 3 is 2.58 bits per heavy atom. The maximum absolute atomic E-state index is 13.6. The van der Waals surface area contributed by atoms with Crippen LogP contribution in [0.15, 0.2) is 11.6 Å². The Labute approximate surface area is 183 Å². The maximum atomic E-state index is 13.6. The molecule has 3 fully saturated rings. The summed E-state index contributed by atoms with van der Waals surface area (Å²) in [6.45, 7) is 7.26. The number of carbonyl (C=O) groups excluding carboxylic acids is 2. The van der Waals surface area contributed by atoms with Crippen LogP contribution in [0.5, 0.6) is 0 Å². The minimum Gasteiger partial charge on any atom is -0.478 e. The lowest BCUT2D eigenvalue weighted by molar-refractivity contribution is -0.204. The third-order valence-corrected chi connectivity index (χ3v) is 8.37. The first-order valence-corrected chi connectivity index (χ1v) is 11.5. The summed E-state index contributed by atoms with van der Waals surface area (Å²) >= 11 is 0. The average molecular weight is 435 g/mol. The Morgan fingerprint density at radius 2 is 1.94 bits per heavy atom. The number of carboxylic acids is 1. The highest BCUT2D eigenvalue weighted by atomic mass is 16.6. The Kier molecular flexibility index (Phi) is 5.58. The highest BCUT2D eigenvalue weighted by molar-refractivity contribution is 6.07. The minimum atomic E-state index is -1.49. The molecule has 3 heterocycles. The van der Waals surface area contributed by atoms with E-state index in [-0.39, 0.29) is 30.1 Å². The third-order valence-electron chi connectivity index (χ3n) is 8.37. The number of Topliss-reactive ketones (excluding diaryl/α,β-unsaturated/α-hetero) is 1. The van der Waals surface area contributed by atoms with Gasteiger partial charge in [-0.15, -0.1) is 0 Å². The molecule has 31 heavy (non-hydrogen) atoms. The summed E-state index contributed by atoms with van der Waals surface area (Å²) < 4.78 is 12.7. The monoisotopic (exact) mass is 434 g/mol. The van der Waals surface area contributed by atoms with Crippen LogP contribution in [0.4, 0.5) is 0 Å². The zero-order valence-corrected chi connectivity index (χ0v) is 18.8. The Bertz CT molecular complexity index is 819. The van der Waals surface area contributed by atoms with Crippen LogP contribution < -0.4 is 0 Å². The zero-order chi connectivity index (χ0) is 22.7. The summed E-state index contributed by atoms with van der Waals surface area (Å²) in [5.41, 5.74) is -2.22. The number of ketones is 1. The van der Waals surface area contributed by atoms with Crippen LogP contribution in [-0.2, 0) is 23.9 Å². The van der Waals surface area contributed by atoms with Crippen molar-refractivity contribution in [2.45, 2.75) is 77.6 Å². The van der Waals surface area contributed by atoms with E-state index in [4.69, 9.17) is 9.47 Å². The number of esters is 1. The quantitative estimate of drug-likeness (QED) is 0.508. The Morgan fingerprint density at radius 1 is 1.23 bits per heavy atom. The smallest absolute Gasteiger partial charge is 0.331 e. The molecular weight excluding hydrogens is 400 g/mol. The van der Waals surface area contributed by atoms with Crippen molar-refractivity contribution in [2.24, 2.45) is 35.0 Å². The molecule has 0 aromatic heterocycles. The number of hydrogen-bond donors (Lipinski definition) is 2. The number of carboxylic acid groups (broad SMARTS) is 1. The summed E-state index contributed by atoms with van der Waals surface area (Å²) in [4.78, 5) is 38.7. The standard InChI is InChI=1S/C24H34O7/c1-12-6-5-7-15-9-16(20(27)28)14(3)10-24(15)21-23(4,22(29)31-24)19(26)17(11-25)18(30-21)13(2)8-12/h9,12-15,17-18,21,25H,5-8,10-11H2,1-4H3,(H,27,28). The van der Waals surface area contributed by atoms with E-state index in [0.717, 1.165) is 19.3 Å². The molecule has 0 aromatic rings. The van der Waals surface area contributed by atoms with Gasteiger partial charge in [0.25, 0.3) is 0 Å². The van der Waals surface area contributed by atoms with Crippen LogP contribution >= 0.6 is 0 Å². The number of aliphatic hydroxyl groups excluding tert-OH is 1. The molecule has 3 saturated heterocycles. The summed E-state index contributed by atoms with van der Waals surface area (Å²) in [7, 11) is 0. The topological polar surface area (TPSA) is 110 Å². The Hall–Kier alpha value is -1.73. The number of aliphatic carboxylic acids is 1. The van der Waals surface area contributed by atoms with Gasteiger partial charge in [0.05, 0.1) is 18.6 Å². The number of fused-ring (bicyclic) bond motifs is 1. The van der Waals surface area contributed by atoms with Crippen molar-refractivity contribution in [3.63, 3.8) is 0 Å². The van der Waals surface area contributed by atoms with Gasteiger partial charge in [0, 0.05) is 11.5 Å². The largest absolute Gasteiger partial charge is 0.478 e. The highest BCUT2D eigenvalue weighted by Crippen LogP contribution is 2.58. The summed E-state index contributed by atoms with van der Waals surface area (Å²) in [5.74, 6) is -2.86. The van der Waals surface area contributed by atoms with Crippen molar-refractivity contribution >= 4 is 17.7 Å². The molecule has 1 spiro atoms. The molecule has 2 N–H and O–H groups in total. The second-order valence-corrected chi connectivity index (χ2v) is 10.6. The molecule has 9 atom stereocenters. The minimum absolute atomic E-state index is 0.0380. The number of hydrogen-bond acceptors (Lipinski definition) is 6. The summed E-state index contributed by atoms with van der Waals surface area (Å²) in [6.07, 6.45) is 4.15. The first-order chi connectivity index (χ1) is 14.6. The van der Waals surface area contributed by atoms with Crippen LogP contribution in [0.25, 0.3) is 0 Å². The van der Waals surface area contributed by atoms with E-state index < -0.39 is 41.1 Å². The lowest BCUT2D eigenvalue weighted by Crippen LogP contribution is -2.63. The lowest BCUT2D eigenvalue weighted by Gasteiger charge is -2.50. The predicted molar refractivity (Wildman–Crippen MR) is 111 cm³/mol. The van der Waals surface area contributed by atoms with E-state index in [1.165, 1.54) is 0 Å². The van der Waals surface area contributed by atoms with Crippen molar-refractivity contribution in [2.75, 3.05) is 6.61 Å². The SMILES string of the molecule is CC1CCCC2C=C(C(=O)O)C(C)CC23OC(=O)C2(C)C(=O)C(CO)C(OC23)C(C)C1.